The zero-order valence-corrected chi connectivity index (χ0v) is 15.5. The van der Waals surface area contributed by atoms with Crippen LogP contribution in [0.3, 0.4) is 0 Å². The van der Waals surface area contributed by atoms with Crippen LogP contribution < -0.4 is 15.4 Å². The van der Waals surface area contributed by atoms with Crippen molar-refractivity contribution < 1.29 is 19.1 Å². The molecule has 7 heteroatoms. The fourth-order valence-corrected chi connectivity index (χ4v) is 2.82. The fourth-order valence-electron chi connectivity index (χ4n) is 2.70. The van der Waals surface area contributed by atoms with Crippen LogP contribution in [0.5, 0.6) is 5.75 Å². The Kier molecular flexibility index (Phi) is 6.68. The summed E-state index contributed by atoms with van der Waals surface area (Å²) in [6.07, 6.45) is 2.12. The standard InChI is InChI=1S/C20H21ClN2O4/c21-15-5-9-17(10-6-15)27-13-19(24)23-16-7-3-14(4-8-16)20(25)22-12-18-2-1-11-26-18/h3-10,18H,1-2,11-13H2,(H,22,25)(H,23,24)/t18-/m1/s1. The van der Waals surface area contributed by atoms with Crippen molar-refractivity contribution in [2.75, 3.05) is 25.1 Å². The molecular formula is C20H21ClN2O4. The zero-order valence-electron chi connectivity index (χ0n) is 14.7. The zero-order chi connectivity index (χ0) is 19.1. The summed E-state index contributed by atoms with van der Waals surface area (Å²) in [6.45, 7) is 1.15. The molecule has 0 saturated carbocycles. The molecule has 1 heterocycles. The summed E-state index contributed by atoms with van der Waals surface area (Å²) in [6, 6.07) is 13.5. The number of benzene rings is 2. The van der Waals surface area contributed by atoms with Gasteiger partial charge in [-0.3, -0.25) is 9.59 Å². The predicted molar refractivity (Wildman–Crippen MR) is 103 cm³/mol. The van der Waals surface area contributed by atoms with Crippen molar-refractivity contribution in [2.24, 2.45) is 0 Å². The second-order valence-electron chi connectivity index (χ2n) is 6.21. The molecule has 3 rings (SSSR count). The second kappa shape index (κ2) is 9.39. The van der Waals surface area contributed by atoms with Gasteiger partial charge in [0.25, 0.3) is 11.8 Å². The van der Waals surface area contributed by atoms with Crippen molar-refractivity contribution >= 4 is 29.1 Å². The first kappa shape index (κ1) is 19.2. The lowest BCUT2D eigenvalue weighted by Gasteiger charge is -2.11. The third-order valence-electron chi connectivity index (χ3n) is 4.13. The SMILES string of the molecule is O=C(COc1ccc(Cl)cc1)Nc1ccc(C(=O)NC[C@H]2CCCO2)cc1. The molecule has 2 aromatic rings. The number of halogens is 1. The van der Waals surface area contributed by atoms with E-state index in [2.05, 4.69) is 10.6 Å². The van der Waals surface area contributed by atoms with E-state index in [-0.39, 0.29) is 24.5 Å². The Hall–Kier alpha value is -2.57. The highest BCUT2D eigenvalue weighted by atomic mass is 35.5. The Morgan fingerprint density at radius 2 is 1.85 bits per heavy atom. The van der Waals surface area contributed by atoms with Gasteiger partial charge in [0, 0.05) is 29.4 Å². The molecule has 1 aliphatic heterocycles. The second-order valence-corrected chi connectivity index (χ2v) is 6.65. The summed E-state index contributed by atoms with van der Waals surface area (Å²) in [5, 5.41) is 6.19. The van der Waals surface area contributed by atoms with E-state index in [9.17, 15) is 9.59 Å². The van der Waals surface area contributed by atoms with Crippen molar-refractivity contribution in [1.29, 1.82) is 0 Å². The molecule has 1 saturated heterocycles. The molecule has 0 aliphatic carbocycles. The molecular weight excluding hydrogens is 368 g/mol. The molecule has 0 aromatic heterocycles. The lowest BCUT2D eigenvalue weighted by molar-refractivity contribution is -0.118. The summed E-state index contributed by atoms with van der Waals surface area (Å²) in [5.41, 5.74) is 1.12. The first-order valence-corrected chi connectivity index (χ1v) is 9.16. The van der Waals surface area contributed by atoms with Crippen molar-refractivity contribution in [3.8, 4) is 5.75 Å². The third-order valence-corrected chi connectivity index (χ3v) is 4.38. The van der Waals surface area contributed by atoms with Crippen LogP contribution in [0.4, 0.5) is 5.69 Å². The van der Waals surface area contributed by atoms with Gasteiger partial charge in [-0.05, 0) is 61.4 Å². The number of hydrogen-bond donors (Lipinski definition) is 2. The fraction of sp³-hybridized carbons (Fsp3) is 0.300. The van der Waals surface area contributed by atoms with Crippen LogP contribution in [-0.2, 0) is 9.53 Å². The highest BCUT2D eigenvalue weighted by Crippen LogP contribution is 2.16. The topological polar surface area (TPSA) is 76.7 Å². The van der Waals surface area contributed by atoms with Crippen molar-refractivity contribution in [1.82, 2.24) is 5.32 Å². The maximum Gasteiger partial charge on any atom is 0.262 e. The molecule has 0 bridgehead atoms. The normalized spacial score (nSPS) is 16.0. The van der Waals surface area contributed by atoms with Gasteiger partial charge < -0.3 is 20.1 Å². The molecule has 2 N–H and O–H groups in total. The summed E-state index contributed by atoms with van der Waals surface area (Å²) in [4.78, 5) is 24.1. The molecule has 2 aromatic carbocycles. The van der Waals surface area contributed by atoms with Gasteiger partial charge in [0.2, 0.25) is 0 Å². The Morgan fingerprint density at radius 3 is 2.52 bits per heavy atom. The van der Waals surface area contributed by atoms with Crippen LogP contribution in [0.2, 0.25) is 5.02 Å². The van der Waals surface area contributed by atoms with Crippen LogP contribution in [0.1, 0.15) is 23.2 Å². The van der Waals surface area contributed by atoms with Gasteiger partial charge >= 0.3 is 0 Å². The average molecular weight is 389 g/mol. The quantitative estimate of drug-likeness (QED) is 0.763. The van der Waals surface area contributed by atoms with Crippen LogP contribution in [-0.4, -0.2) is 37.7 Å². The molecule has 1 atom stereocenters. The van der Waals surface area contributed by atoms with Gasteiger partial charge in [-0.25, -0.2) is 0 Å². The van der Waals surface area contributed by atoms with Crippen LogP contribution >= 0.6 is 11.6 Å². The molecule has 27 heavy (non-hydrogen) atoms. The summed E-state index contributed by atoms with van der Waals surface area (Å²) in [5.74, 6) is 0.114. The number of nitrogens with one attached hydrogen (secondary N) is 2. The summed E-state index contributed by atoms with van der Waals surface area (Å²) in [7, 11) is 0. The first-order valence-electron chi connectivity index (χ1n) is 8.78. The predicted octanol–water partition coefficient (Wildman–Crippen LogP) is 3.27. The Balaban J connectivity index is 1.44. The highest BCUT2D eigenvalue weighted by molar-refractivity contribution is 6.30. The number of carbonyl (C=O) groups is 2. The van der Waals surface area contributed by atoms with Crippen LogP contribution in [0, 0.1) is 0 Å². The minimum absolute atomic E-state index is 0.105. The third kappa shape index (κ3) is 5.98. The van der Waals surface area contributed by atoms with Gasteiger partial charge in [-0.2, -0.15) is 0 Å². The maximum atomic E-state index is 12.1. The lowest BCUT2D eigenvalue weighted by Crippen LogP contribution is -2.31. The van der Waals surface area contributed by atoms with Gasteiger partial charge in [0.15, 0.2) is 6.61 Å². The molecule has 2 amide bonds. The van der Waals surface area contributed by atoms with Crippen molar-refractivity contribution in [3.63, 3.8) is 0 Å². The molecule has 0 spiro atoms. The number of carbonyl (C=O) groups excluding carboxylic acids is 2. The lowest BCUT2D eigenvalue weighted by atomic mass is 10.2. The highest BCUT2D eigenvalue weighted by Gasteiger charge is 2.16. The van der Waals surface area contributed by atoms with E-state index in [4.69, 9.17) is 21.1 Å². The molecule has 0 radical (unpaired) electrons. The Labute approximate surface area is 162 Å². The van der Waals surface area contributed by atoms with Gasteiger partial charge in [0.05, 0.1) is 6.10 Å². The number of amides is 2. The first-order chi connectivity index (χ1) is 13.1. The van der Waals surface area contributed by atoms with Gasteiger partial charge in [-0.15, -0.1) is 0 Å². The summed E-state index contributed by atoms with van der Waals surface area (Å²) >= 11 is 5.80. The maximum absolute atomic E-state index is 12.1. The molecule has 0 unspecified atom stereocenters. The largest absolute Gasteiger partial charge is 0.484 e. The average Bonchev–Trinajstić information content (AvgIpc) is 3.20. The van der Waals surface area contributed by atoms with E-state index in [1.807, 2.05) is 0 Å². The van der Waals surface area contributed by atoms with Crippen LogP contribution in [0.25, 0.3) is 0 Å². The van der Waals surface area contributed by atoms with Gasteiger partial charge in [-0.1, -0.05) is 11.6 Å². The number of anilines is 1. The van der Waals surface area contributed by atoms with Gasteiger partial charge in [0.1, 0.15) is 5.75 Å². The number of rotatable bonds is 7. The van der Waals surface area contributed by atoms with E-state index in [1.165, 1.54) is 0 Å². The molecule has 1 aliphatic rings. The van der Waals surface area contributed by atoms with Crippen LogP contribution in [0.15, 0.2) is 48.5 Å². The van der Waals surface area contributed by atoms with Crippen molar-refractivity contribution in [3.05, 3.63) is 59.1 Å². The van der Waals surface area contributed by atoms with E-state index in [1.54, 1.807) is 48.5 Å². The summed E-state index contributed by atoms with van der Waals surface area (Å²) < 4.78 is 10.9. The molecule has 6 nitrogen and oxygen atoms in total. The van der Waals surface area contributed by atoms with Crippen molar-refractivity contribution in [2.45, 2.75) is 18.9 Å². The van der Waals surface area contributed by atoms with E-state index in [0.29, 0.717) is 28.6 Å². The Bertz CT molecular complexity index is 772. The monoisotopic (exact) mass is 388 g/mol. The molecule has 1 fully saturated rings. The minimum Gasteiger partial charge on any atom is -0.484 e. The minimum atomic E-state index is -0.291. The Morgan fingerprint density at radius 1 is 1.11 bits per heavy atom. The molecule has 142 valence electrons. The number of hydrogen-bond acceptors (Lipinski definition) is 4. The van der Waals surface area contributed by atoms with E-state index < -0.39 is 0 Å². The van der Waals surface area contributed by atoms with E-state index >= 15 is 0 Å². The smallest absolute Gasteiger partial charge is 0.262 e. The number of ether oxygens (including phenoxy) is 2. The van der Waals surface area contributed by atoms with E-state index in [0.717, 1.165) is 19.4 Å².